The molecule has 0 aliphatic rings. The number of hydrogen-bond donors (Lipinski definition) is 0. The van der Waals surface area contributed by atoms with Crippen LogP contribution in [0, 0.1) is 0 Å². The smallest absolute Gasteiger partial charge is 0.193 e. The summed E-state index contributed by atoms with van der Waals surface area (Å²) in [5.41, 5.74) is 2.16. The lowest BCUT2D eigenvalue weighted by Crippen LogP contribution is -2.12. The first-order chi connectivity index (χ1) is 8.97. The van der Waals surface area contributed by atoms with Gasteiger partial charge in [-0.05, 0) is 0 Å². The molecule has 0 aromatic heterocycles. The van der Waals surface area contributed by atoms with Crippen molar-refractivity contribution in [3.63, 3.8) is 0 Å². The highest BCUT2D eigenvalue weighted by Crippen LogP contribution is 2.18. The third-order valence-corrected chi connectivity index (χ3v) is 3.81. The molecule has 0 spiro atoms. The molecular formula is C16H17O2S+. The molecule has 2 aromatic carbocycles. The fourth-order valence-electron chi connectivity index (χ4n) is 1.99. The molecule has 0 saturated heterocycles. The Bertz CT molecular complexity index is 626. The molecule has 0 atom stereocenters. The second-order valence-electron chi connectivity index (χ2n) is 4.93. The maximum absolute atomic E-state index is 12.5. The van der Waals surface area contributed by atoms with E-state index in [9.17, 15) is 9.00 Å². The highest BCUT2D eigenvalue weighted by molar-refractivity contribution is 8.00. The Kier molecular flexibility index (Phi) is 3.96. The molecule has 0 bridgehead atoms. The van der Waals surface area contributed by atoms with Crippen molar-refractivity contribution in [1.29, 1.82) is 0 Å². The van der Waals surface area contributed by atoms with Gasteiger partial charge in [0, 0.05) is 16.7 Å². The Morgan fingerprint density at radius 2 is 1.53 bits per heavy atom. The minimum absolute atomic E-state index is 0.0140. The highest BCUT2D eigenvalue weighted by Gasteiger charge is 2.20. The van der Waals surface area contributed by atoms with Gasteiger partial charge in [-0.25, -0.2) is 0 Å². The topological polar surface area (TPSA) is 34.1 Å². The molecule has 0 amide bonds. The first-order valence-electron chi connectivity index (χ1n) is 6.07. The first-order valence-corrected chi connectivity index (χ1v) is 8.61. The van der Waals surface area contributed by atoms with Crippen LogP contribution in [-0.4, -0.2) is 18.3 Å². The zero-order chi connectivity index (χ0) is 13.9. The van der Waals surface area contributed by atoms with Crippen LogP contribution in [0.5, 0.6) is 0 Å². The normalized spacial score (nSPS) is 11.3. The van der Waals surface area contributed by atoms with Gasteiger partial charge in [0.05, 0.1) is 9.93 Å². The van der Waals surface area contributed by atoms with Gasteiger partial charge in [-0.1, -0.05) is 54.6 Å². The van der Waals surface area contributed by atoms with Crippen molar-refractivity contribution in [2.24, 2.45) is 0 Å². The number of carbonyl (C=O) groups is 1. The summed E-state index contributed by atoms with van der Waals surface area (Å²) in [7, 11) is -1.92. The fourth-order valence-corrected chi connectivity index (χ4v) is 2.99. The summed E-state index contributed by atoms with van der Waals surface area (Å²) in [6, 6.07) is 16.6. The molecule has 2 rings (SSSR count). The summed E-state index contributed by atoms with van der Waals surface area (Å²) in [4.78, 5) is 12.5. The lowest BCUT2D eigenvalue weighted by atomic mass is 9.99. The van der Waals surface area contributed by atoms with E-state index in [-0.39, 0.29) is 5.78 Å². The lowest BCUT2D eigenvalue weighted by molar-refractivity contribution is 0.103. The fraction of sp³-hybridized carbons (Fsp3) is 0.188. The van der Waals surface area contributed by atoms with Crippen molar-refractivity contribution in [3.05, 3.63) is 71.3 Å². The van der Waals surface area contributed by atoms with Crippen LogP contribution in [0.25, 0.3) is 0 Å². The summed E-state index contributed by atoms with van der Waals surface area (Å²) in [5.74, 6) is 0.418. The molecule has 0 aliphatic heterocycles. The van der Waals surface area contributed by atoms with E-state index in [2.05, 4.69) is 0 Å². The van der Waals surface area contributed by atoms with Gasteiger partial charge in [0.15, 0.2) is 5.78 Å². The first kappa shape index (κ1) is 13.7. The molecule has 0 fully saturated rings. The molecule has 0 N–H and O–H groups in total. The Morgan fingerprint density at radius 1 is 0.947 bits per heavy atom. The van der Waals surface area contributed by atoms with Crippen LogP contribution in [0.1, 0.15) is 21.5 Å². The van der Waals surface area contributed by atoms with Crippen molar-refractivity contribution >= 4 is 15.7 Å². The van der Waals surface area contributed by atoms with Gasteiger partial charge < -0.3 is 0 Å². The van der Waals surface area contributed by atoms with Crippen molar-refractivity contribution < 1.29 is 9.00 Å². The van der Waals surface area contributed by atoms with Gasteiger partial charge in [0.1, 0.15) is 18.3 Å². The van der Waals surface area contributed by atoms with Gasteiger partial charge in [-0.15, -0.1) is 4.21 Å². The number of ketones is 1. The Morgan fingerprint density at radius 3 is 2.16 bits per heavy atom. The molecule has 0 unspecified atom stereocenters. The van der Waals surface area contributed by atoms with Gasteiger partial charge in [-0.3, -0.25) is 4.79 Å². The second kappa shape index (κ2) is 5.49. The van der Waals surface area contributed by atoms with Crippen molar-refractivity contribution in [1.82, 2.24) is 0 Å². The number of rotatable bonds is 4. The molecule has 0 saturated carbocycles. The van der Waals surface area contributed by atoms with Crippen LogP contribution < -0.4 is 0 Å². The van der Waals surface area contributed by atoms with Crippen LogP contribution in [-0.2, 0) is 19.9 Å². The van der Waals surface area contributed by atoms with Gasteiger partial charge >= 0.3 is 0 Å². The second-order valence-corrected chi connectivity index (χ2v) is 8.10. The van der Waals surface area contributed by atoms with Crippen LogP contribution in [0.3, 0.4) is 0 Å². The standard InChI is InChI=1S/C16H17O2S/c1-19(2,18)12-14-10-6-7-11-15(14)16(17)13-8-4-3-5-9-13/h3-11H,12H2,1-2H3/q+1. The number of carbonyl (C=O) groups excluding carboxylic acids is 1. The van der Waals surface area contributed by atoms with E-state index in [4.69, 9.17) is 0 Å². The molecule has 2 nitrogen and oxygen atoms in total. The predicted octanol–water partition coefficient (Wildman–Crippen LogP) is 3.18. The van der Waals surface area contributed by atoms with E-state index in [0.717, 1.165) is 5.56 Å². The molecule has 0 aliphatic carbocycles. The highest BCUT2D eigenvalue weighted by atomic mass is 32.2. The van der Waals surface area contributed by atoms with Crippen molar-refractivity contribution in [2.75, 3.05) is 12.5 Å². The SMILES string of the molecule is C[S+](C)(=O)Cc1ccccc1C(=O)c1ccccc1. The third-order valence-electron chi connectivity index (χ3n) is 2.80. The van der Waals surface area contributed by atoms with E-state index in [0.29, 0.717) is 16.9 Å². The molecule has 3 heteroatoms. The maximum atomic E-state index is 12.5. The van der Waals surface area contributed by atoms with E-state index >= 15 is 0 Å². The Balaban J connectivity index is 2.40. The van der Waals surface area contributed by atoms with Crippen LogP contribution in [0.2, 0.25) is 0 Å². The largest absolute Gasteiger partial charge is 0.289 e. The minimum atomic E-state index is -1.92. The zero-order valence-electron chi connectivity index (χ0n) is 11.1. The predicted molar refractivity (Wildman–Crippen MR) is 79.9 cm³/mol. The average Bonchev–Trinajstić information content (AvgIpc) is 2.38. The monoisotopic (exact) mass is 273 g/mol. The zero-order valence-corrected chi connectivity index (χ0v) is 11.9. The van der Waals surface area contributed by atoms with Crippen LogP contribution in [0.15, 0.2) is 54.6 Å². The summed E-state index contributed by atoms with van der Waals surface area (Å²) < 4.78 is 12.0. The molecule has 98 valence electrons. The molecule has 0 heterocycles. The third kappa shape index (κ3) is 3.61. The van der Waals surface area contributed by atoms with Gasteiger partial charge in [-0.2, -0.15) is 0 Å². The Hall–Kier alpha value is -1.74. The summed E-state index contributed by atoms with van der Waals surface area (Å²) in [5, 5.41) is 0. The summed E-state index contributed by atoms with van der Waals surface area (Å²) in [6.07, 6.45) is 3.44. The maximum Gasteiger partial charge on any atom is 0.193 e. The summed E-state index contributed by atoms with van der Waals surface area (Å²) >= 11 is 0. The Labute approximate surface area is 114 Å². The van der Waals surface area contributed by atoms with Crippen LogP contribution in [0.4, 0.5) is 0 Å². The number of hydrogen-bond acceptors (Lipinski definition) is 2. The lowest BCUT2D eigenvalue weighted by Gasteiger charge is -2.08. The van der Waals surface area contributed by atoms with Crippen molar-refractivity contribution in [2.45, 2.75) is 5.75 Å². The summed E-state index contributed by atoms with van der Waals surface area (Å²) in [6.45, 7) is 0. The molecule has 19 heavy (non-hydrogen) atoms. The number of benzene rings is 2. The van der Waals surface area contributed by atoms with Crippen LogP contribution >= 0.6 is 0 Å². The van der Waals surface area contributed by atoms with E-state index in [1.54, 1.807) is 30.7 Å². The van der Waals surface area contributed by atoms with E-state index in [1.165, 1.54) is 0 Å². The van der Waals surface area contributed by atoms with Crippen molar-refractivity contribution in [3.8, 4) is 0 Å². The minimum Gasteiger partial charge on any atom is -0.289 e. The quantitative estimate of drug-likeness (QED) is 0.633. The molecule has 2 aromatic rings. The molecule has 0 radical (unpaired) electrons. The average molecular weight is 273 g/mol. The van der Waals surface area contributed by atoms with Gasteiger partial charge in [0.25, 0.3) is 0 Å². The molecular weight excluding hydrogens is 256 g/mol. The van der Waals surface area contributed by atoms with Gasteiger partial charge in [0.2, 0.25) is 0 Å². The van der Waals surface area contributed by atoms with E-state index in [1.807, 2.05) is 36.4 Å². The van der Waals surface area contributed by atoms with E-state index < -0.39 is 9.93 Å².